The highest BCUT2D eigenvalue weighted by molar-refractivity contribution is 5.99. The molecular formula is C14H19N3O3. The number of aromatic nitrogens is 1. The number of hydrogen-bond donors (Lipinski definition) is 0. The van der Waals surface area contributed by atoms with Crippen LogP contribution in [0.25, 0.3) is 0 Å². The van der Waals surface area contributed by atoms with E-state index in [0.717, 1.165) is 6.42 Å². The molecule has 0 bridgehead atoms. The standard InChI is InChI=1S/C14H19N3O3/c1-16(2)14(19)11-7-5-9-17(11)13(18)10-6-4-8-15-12(10)20-3/h4,6,8,11H,5,7,9H2,1-3H3. The minimum atomic E-state index is -0.387. The van der Waals surface area contributed by atoms with Crippen LogP contribution in [0, 0.1) is 0 Å². The normalized spacial score (nSPS) is 17.9. The van der Waals surface area contributed by atoms with Crippen LogP contribution in [0.3, 0.4) is 0 Å². The predicted octanol–water partition coefficient (Wildman–Crippen LogP) is 0.783. The zero-order valence-corrected chi connectivity index (χ0v) is 12.0. The lowest BCUT2D eigenvalue weighted by atomic mass is 10.1. The van der Waals surface area contributed by atoms with Crippen molar-refractivity contribution in [3.8, 4) is 5.88 Å². The summed E-state index contributed by atoms with van der Waals surface area (Å²) in [5, 5.41) is 0. The highest BCUT2D eigenvalue weighted by atomic mass is 16.5. The Morgan fingerprint density at radius 1 is 1.45 bits per heavy atom. The highest BCUT2D eigenvalue weighted by Gasteiger charge is 2.36. The van der Waals surface area contributed by atoms with Gasteiger partial charge in [-0.15, -0.1) is 0 Å². The summed E-state index contributed by atoms with van der Waals surface area (Å²) < 4.78 is 5.12. The number of nitrogens with zero attached hydrogens (tertiary/aromatic N) is 3. The minimum absolute atomic E-state index is 0.0429. The first-order valence-corrected chi connectivity index (χ1v) is 6.57. The van der Waals surface area contributed by atoms with Crippen LogP contribution >= 0.6 is 0 Å². The maximum Gasteiger partial charge on any atom is 0.260 e. The van der Waals surface area contributed by atoms with Gasteiger partial charge in [0.2, 0.25) is 11.8 Å². The van der Waals surface area contributed by atoms with Crippen molar-refractivity contribution in [1.29, 1.82) is 0 Å². The number of pyridine rings is 1. The van der Waals surface area contributed by atoms with Gasteiger partial charge in [-0.25, -0.2) is 4.98 Å². The molecule has 2 rings (SSSR count). The third kappa shape index (κ3) is 2.59. The molecule has 1 saturated heterocycles. The first-order chi connectivity index (χ1) is 9.56. The summed E-state index contributed by atoms with van der Waals surface area (Å²) in [7, 11) is 4.88. The molecule has 1 aliphatic rings. The van der Waals surface area contributed by atoms with Crippen LogP contribution in [0.1, 0.15) is 23.2 Å². The second kappa shape index (κ2) is 5.90. The van der Waals surface area contributed by atoms with E-state index in [0.29, 0.717) is 24.4 Å². The van der Waals surface area contributed by atoms with E-state index in [2.05, 4.69) is 4.98 Å². The number of ether oxygens (including phenoxy) is 1. The lowest BCUT2D eigenvalue weighted by molar-refractivity contribution is -0.132. The molecule has 6 nitrogen and oxygen atoms in total. The predicted molar refractivity (Wildman–Crippen MR) is 73.5 cm³/mol. The number of likely N-dealkylation sites (N-methyl/N-ethyl adjacent to an activating group) is 1. The van der Waals surface area contributed by atoms with Gasteiger partial charge >= 0.3 is 0 Å². The number of carbonyl (C=O) groups excluding carboxylic acids is 2. The number of carbonyl (C=O) groups is 2. The Morgan fingerprint density at radius 3 is 2.85 bits per heavy atom. The summed E-state index contributed by atoms with van der Waals surface area (Å²) in [6.07, 6.45) is 3.10. The number of likely N-dealkylation sites (tertiary alicyclic amines) is 1. The van der Waals surface area contributed by atoms with E-state index in [-0.39, 0.29) is 17.9 Å². The van der Waals surface area contributed by atoms with E-state index < -0.39 is 0 Å². The summed E-state index contributed by atoms with van der Waals surface area (Å²) >= 11 is 0. The topological polar surface area (TPSA) is 62.7 Å². The van der Waals surface area contributed by atoms with Crippen LogP contribution in [0.5, 0.6) is 5.88 Å². The molecule has 0 radical (unpaired) electrons. The zero-order chi connectivity index (χ0) is 14.7. The van der Waals surface area contributed by atoms with Gasteiger partial charge in [-0.1, -0.05) is 0 Å². The lowest BCUT2D eigenvalue weighted by Crippen LogP contribution is -2.45. The molecule has 1 atom stereocenters. The van der Waals surface area contributed by atoms with Crippen molar-refractivity contribution < 1.29 is 14.3 Å². The van der Waals surface area contributed by atoms with Crippen molar-refractivity contribution in [2.75, 3.05) is 27.7 Å². The van der Waals surface area contributed by atoms with Crippen molar-refractivity contribution in [1.82, 2.24) is 14.8 Å². The molecule has 0 N–H and O–H groups in total. The molecule has 1 aliphatic heterocycles. The van der Waals surface area contributed by atoms with Crippen molar-refractivity contribution >= 4 is 11.8 Å². The fourth-order valence-corrected chi connectivity index (χ4v) is 2.44. The van der Waals surface area contributed by atoms with E-state index in [9.17, 15) is 9.59 Å². The Hall–Kier alpha value is -2.11. The lowest BCUT2D eigenvalue weighted by Gasteiger charge is -2.26. The molecule has 0 aromatic carbocycles. The van der Waals surface area contributed by atoms with Crippen LogP contribution < -0.4 is 4.74 Å². The minimum Gasteiger partial charge on any atom is -0.480 e. The molecule has 2 heterocycles. The van der Waals surface area contributed by atoms with Crippen LogP contribution in [0.4, 0.5) is 0 Å². The van der Waals surface area contributed by atoms with Crippen LogP contribution in [0.2, 0.25) is 0 Å². The maximum absolute atomic E-state index is 12.6. The number of amides is 2. The first kappa shape index (κ1) is 14.3. The molecule has 20 heavy (non-hydrogen) atoms. The van der Waals surface area contributed by atoms with Gasteiger partial charge in [-0.2, -0.15) is 0 Å². The Labute approximate surface area is 118 Å². The largest absolute Gasteiger partial charge is 0.480 e. The first-order valence-electron chi connectivity index (χ1n) is 6.57. The molecule has 0 aliphatic carbocycles. The third-order valence-electron chi connectivity index (χ3n) is 3.43. The molecule has 1 unspecified atom stereocenters. The smallest absolute Gasteiger partial charge is 0.260 e. The monoisotopic (exact) mass is 277 g/mol. The van der Waals surface area contributed by atoms with Crippen molar-refractivity contribution in [2.45, 2.75) is 18.9 Å². The Bertz CT molecular complexity index is 516. The second-order valence-corrected chi connectivity index (χ2v) is 4.95. The molecule has 1 aromatic rings. The Kier molecular flexibility index (Phi) is 4.22. The van der Waals surface area contributed by atoms with E-state index in [1.807, 2.05) is 0 Å². The fraction of sp³-hybridized carbons (Fsp3) is 0.500. The van der Waals surface area contributed by atoms with Gasteiger partial charge in [-0.3, -0.25) is 9.59 Å². The molecule has 2 amide bonds. The average Bonchev–Trinajstić information content (AvgIpc) is 2.94. The second-order valence-electron chi connectivity index (χ2n) is 4.95. The van der Waals surface area contributed by atoms with Gasteiger partial charge in [0.15, 0.2) is 0 Å². The quantitative estimate of drug-likeness (QED) is 0.819. The fourth-order valence-electron chi connectivity index (χ4n) is 2.44. The molecule has 0 saturated carbocycles. The van der Waals surface area contributed by atoms with Gasteiger partial charge < -0.3 is 14.5 Å². The van der Waals surface area contributed by atoms with E-state index in [1.165, 1.54) is 12.0 Å². The molecule has 1 aromatic heterocycles. The molecule has 108 valence electrons. The zero-order valence-electron chi connectivity index (χ0n) is 12.0. The van der Waals surface area contributed by atoms with Crippen LogP contribution in [-0.2, 0) is 4.79 Å². The van der Waals surface area contributed by atoms with Gasteiger partial charge in [0, 0.05) is 26.8 Å². The number of methoxy groups -OCH3 is 1. The van der Waals surface area contributed by atoms with Crippen molar-refractivity contribution in [3.63, 3.8) is 0 Å². The SMILES string of the molecule is COc1ncccc1C(=O)N1CCCC1C(=O)N(C)C. The number of hydrogen-bond acceptors (Lipinski definition) is 4. The van der Waals surface area contributed by atoms with Gasteiger partial charge in [0.25, 0.3) is 5.91 Å². The van der Waals surface area contributed by atoms with E-state index >= 15 is 0 Å². The Morgan fingerprint density at radius 2 is 2.20 bits per heavy atom. The molecule has 0 spiro atoms. The molecule has 6 heteroatoms. The van der Waals surface area contributed by atoms with Crippen molar-refractivity contribution in [2.24, 2.45) is 0 Å². The summed E-state index contributed by atoms with van der Waals surface area (Å²) in [4.78, 5) is 31.9. The average molecular weight is 277 g/mol. The van der Waals surface area contributed by atoms with Gasteiger partial charge in [0.05, 0.1) is 7.11 Å². The molecular weight excluding hydrogens is 258 g/mol. The summed E-state index contributed by atoms with van der Waals surface area (Å²) in [6.45, 7) is 0.584. The van der Waals surface area contributed by atoms with Gasteiger partial charge in [-0.05, 0) is 25.0 Å². The summed E-state index contributed by atoms with van der Waals surface area (Å²) in [6, 6.07) is 2.97. The maximum atomic E-state index is 12.6. The van der Waals surface area contributed by atoms with Crippen molar-refractivity contribution in [3.05, 3.63) is 23.9 Å². The Balaban J connectivity index is 2.26. The summed E-state index contributed by atoms with van der Waals surface area (Å²) in [5.74, 6) is 0.0480. The number of rotatable bonds is 3. The summed E-state index contributed by atoms with van der Waals surface area (Å²) in [5.41, 5.74) is 0.397. The van der Waals surface area contributed by atoms with E-state index in [4.69, 9.17) is 4.74 Å². The van der Waals surface area contributed by atoms with Crippen LogP contribution in [-0.4, -0.2) is 60.4 Å². The van der Waals surface area contributed by atoms with Gasteiger partial charge in [0.1, 0.15) is 11.6 Å². The molecule has 1 fully saturated rings. The van der Waals surface area contributed by atoms with Crippen LogP contribution in [0.15, 0.2) is 18.3 Å². The van der Waals surface area contributed by atoms with E-state index in [1.54, 1.807) is 37.3 Å². The third-order valence-corrected chi connectivity index (χ3v) is 3.43. The highest BCUT2D eigenvalue weighted by Crippen LogP contribution is 2.24.